The van der Waals surface area contributed by atoms with E-state index >= 15 is 0 Å². The number of hydrogen-bond acceptors (Lipinski definition) is 4. The lowest BCUT2D eigenvalue weighted by Crippen LogP contribution is -2.26. The summed E-state index contributed by atoms with van der Waals surface area (Å²) in [4.78, 5) is 22.8. The fourth-order valence-corrected chi connectivity index (χ4v) is 1.89. The lowest BCUT2D eigenvalue weighted by atomic mass is 10.1. The van der Waals surface area contributed by atoms with Gasteiger partial charge in [0, 0.05) is 12.6 Å². The predicted octanol–water partition coefficient (Wildman–Crippen LogP) is 2.18. The second-order valence-electron chi connectivity index (χ2n) is 5.41. The Labute approximate surface area is 128 Å². The zero-order valence-electron chi connectivity index (χ0n) is 12.7. The number of carbonyl (C=O) groups is 1. The monoisotopic (exact) mass is 302 g/mol. The molecular weight excluding hydrogens is 284 g/mol. The molecule has 0 atom stereocenters. The molecule has 0 bridgehead atoms. The fraction of sp³-hybridized carbons (Fsp3) is 0.312. The Balaban J connectivity index is 2.32. The highest BCUT2D eigenvalue weighted by Crippen LogP contribution is 2.21. The number of aromatic nitrogens is 2. The van der Waals surface area contributed by atoms with Gasteiger partial charge in [-0.05, 0) is 36.2 Å². The van der Waals surface area contributed by atoms with Gasteiger partial charge in [-0.25, -0.2) is 9.48 Å². The van der Waals surface area contributed by atoms with Crippen molar-refractivity contribution in [2.45, 2.75) is 13.8 Å². The SMILES string of the molecule is CC(C)COc1ccc(-c2cc(C(=O)O)c(=O)n(C)n2)cc1. The maximum absolute atomic E-state index is 11.7. The first-order valence-electron chi connectivity index (χ1n) is 6.93. The molecular formula is C16H18N2O4. The molecule has 0 radical (unpaired) electrons. The summed E-state index contributed by atoms with van der Waals surface area (Å²) < 4.78 is 6.62. The van der Waals surface area contributed by atoms with E-state index in [1.807, 2.05) is 0 Å². The number of ether oxygens (including phenoxy) is 1. The minimum Gasteiger partial charge on any atom is -0.493 e. The molecule has 0 amide bonds. The van der Waals surface area contributed by atoms with Crippen molar-refractivity contribution in [2.24, 2.45) is 13.0 Å². The van der Waals surface area contributed by atoms with Crippen molar-refractivity contribution in [3.63, 3.8) is 0 Å². The maximum atomic E-state index is 11.7. The molecule has 1 aromatic heterocycles. The van der Waals surface area contributed by atoms with E-state index in [1.165, 1.54) is 13.1 Å². The number of carboxylic acid groups (broad SMARTS) is 1. The molecule has 0 fully saturated rings. The van der Waals surface area contributed by atoms with E-state index in [9.17, 15) is 9.59 Å². The van der Waals surface area contributed by atoms with Gasteiger partial charge in [0.05, 0.1) is 12.3 Å². The molecule has 0 spiro atoms. The molecule has 0 unspecified atom stereocenters. The van der Waals surface area contributed by atoms with Gasteiger partial charge < -0.3 is 9.84 Å². The molecule has 1 heterocycles. The third kappa shape index (κ3) is 3.52. The molecule has 0 saturated carbocycles. The van der Waals surface area contributed by atoms with Crippen LogP contribution in [0.1, 0.15) is 24.2 Å². The van der Waals surface area contributed by atoms with Gasteiger partial charge in [0.15, 0.2) is 0 Å². The number of benzene rings is 1. The zero-order chi connectivity index (χ0) is 16.3. The molecule has 0 aliphatic heterocycles. The van der Waals surface area contributed by atoms with E-state index in [-0.39, 0.29) is 5.56 Å². The fourth-order valence-electron chi connectivity index (χ4n) is 1.89. The first-order chi connectivity index (χ1) is 10.4. The molecule has 0 aliphatic rings. The topological polar surface area (TPSA) is 81.4 Å². The highest BCUT2D eigenvalue weighted by molar-refractivity contribution is 5.88. The van der Waals surface area contributed by atoms with E-state index in [0.29, 0.717) is 18.2 Å². The van der Waals surface area contributed by atoms with Crippen molar-refractivity contribution in [1.29, 1.82) is 0 Å². The van der Waals surface area contributed by atoms with Crippen molar-refractivity contribution in [3.8, 4) is 17.0 Å². The summed E-state index contributed by atoms with van der Waals surface area (Å²) in [6.45, 7) is 4.76. The summed E-state index contributed by atoms with van der Waals surface area (Å²) in [7, 11) is 1.43. The molecule has 22 heavy (non-hydrogen) atoms. The molecule has 116 valence electrons. The van der Waals surface area contributed by atoms with Crippen LogP contribution in [0.15, 0.2) is 35.1 Å². The van der Waals surface area contributed by atoms with Crippen LogP contribution in [0, 0.1) is 5.92 Å². The zero-order valence-corrected chi connectivity index (χ0v) is 12.7. The van der Waals surface area contributed by atoms with Gasteiger partial charge in [-0.2, -0.15) is 5.10 Å². The van der Waals surface area contributed by atoms with Gasteiger partial charge in [-0.1, -0.05) is 13.8 Å². The van der Waals surface area contributed by atoms with Crippen LogP contribution >= 0.6 is 0 Å². The molecule has 2 rings (SSSR count). The number of nitrogens with zero attached hydrogens (tertiary/aromatic N) is 2. The van der Waals surface area contributed by atoms with E-state index in [4.69, 9.17) is 9.84 Å². The Kier molecular flexibility index (Phi) is 4.60. The van der Waals surface area contributed by atoms with Crippen LogP contribution in [-0.2, 0) is 7.05 Å². The van der Waals surface area contributed by atoms with Crippen LogP contribution in [0.4, 0.5) is 0 Å². The van der Waals surface area contributed by atoms with Crippen molar-refractivity contribution in [3.05, 3.63) is 46.2 Å². The molecule has 6 nitrogen and oxygen atoms in total. The normalized spacial score (nSPS) is 10.7. The average Bonchev–Trinajstić information content (AvgIpc) is 2.48. The maximum Gasteiger partial charge on any atom is 0.341 e. The van der Waals surface area contributed by atoms with Crippen LogP contribution < -0.4 is 10.3 Å². The van der Waals surface area contributed by atoms with Gasteiger partial charge in [-0.3, -0.25) is 4.79 Å². The predicted molar refractivity (Wildman–Crippen MR) is 82.2 cm³/mol. The highest BCUT2D eigenvalue weighted by Gasteiger charge is 2.13. The Morgan fingerprint density at radius 2 is 1.95 bits per heavy atom. The number of rotatable bonds is 5. The standard InChI is InChI=1S/C16H18N2O4/c1-10(2)9-22-12-6-4-11(5-7-12)14-8-13(16(20)21)15(19)18(3)17-14/h4-8,10H,9H2,1-3H3,(H,20,21). The lowest BCUT2D eigenvalue weighted by molar-refractivity contribution is 0.0694. The van der Waals surface area contributed by atoms with Crippen LogP contribution in [0.3, 0.4) is 0 Å². The van der Waals surface area contributed by atoms with Crippen molar-refractivity contribution in [2.75, 3.05) is 6.61 Å². The van der Waals surface area contributed by atoms with E-state index in [1.54, 1.807) is 24.3 Å². The molecule has 6 heteroatoms. The minimum absolute atomic E-state index is 0.298. The smallest absolute Gasteiger partial charge is 0.341 e. The largest absolute Gasteiger partial charge is 0.493 e. The van der Waals surface area contributed by atoms with Crippen LogP contribution in [0.2, 0.25) is 0 Å². The Hall–Kier alpha value is -2.63. The first kappa shape index (κ1) is 15.8. The van der Waals surface area contributed by atoms with Crippen molar-refractivity contribution >= 4 is 5.97 Å². The van der Waals surface area contributed by atoms with E-state index in [0.717, 1.165) is 16.0 Å². The second-order valence-corrected chi connectivity index (χ2v) is 5.41. The second kappa shape index (κ2) is 6.43. The molecule has 2 aromatic rings. The number of aryl methyl sites for hydroxylation is 1. The average molecular weight is 302 g/mol. The van der Waals surface area contributed by atoms with Gasteiger partial charge in [0.1, 0.15) is 11.3 Å². The summed E-state index contributed by atoms with van der Waals surface area (Å²) >= 11 is 0. The first-order valence-corrected chi connectivity index (χ1v) is 6.93. The Morgan fingerprint density at radius 3 is 2.50 bits per heavy atom. The molecule has 0 aliphatic carbocycles. The highest BCUT2D eigenvalue weighted by atomic mass is 16.5. The minimum atomic E-state index is -1.26. The summed E-state index contributed by atoms with van der Waals surface area (Å²) in [6.07, 6.45) is 0. The summed E-state index contributed by atoms with van der Waals surface area (Å²) in [6, 6.07) is 8.45. The molecule has 1 N–H and O–H groups in total. The molecule has 1 aromatic carbocycles. The van der Waals surface area contributed by atoms with Crippen molar-refractivity contribution in [1.82, 2.24) is 9.78 Å². The van der Waals surface area contributed by atoms with E-state index < -0.39 is 11.5 Å². The summed E-state index contributed by atoms with van der Waals surface area (Å²) in [5.41, 5.74) is 0.214. The Morgan fingerprint density at radius 1 is 1.32 bits per heavy atom. The number of aromatic carboxylic acids is 1. The van der Waals surface area contributed by atoms with E-state index in [2.05, 4.69) is 18.9 Å². The van der Waals surface area contributed by atoms with Gasteiger partial charge in [-0.15, -0.1) is 0 Å². The molecule has 0 saturated heterocycles. The third-order valence-electron chi connectivity index (χ3n) is 3.03. The quantitative estimate of drug-likeness (QED) is 0.915. The number of hydrogen-bond donors (Lipinski definition) is 1. The van der Waals surface area contributed by atoms with Gasteiger partial charge >= 0.3 is 5.97 Å². The summed E-state index contributed by atoms with van der Waals surface area (Å²) in [5, 5.41) is 13.2. The Bertz CT molecular complexity index is 733. The van der Waals surface area contributed by atoms with Gasteiger partial charge in [0.2, 0.25) is 0 Å². The van der Waals surface area contributed by atoms with Crippen LogP contribution in [0.25, 0.3) is 11.3 Å². The van der Waals surface area contributed by atoms with Crippen LogP contribution in [0.5, 0.6) is 5.75 Å². The van der Waals surface area contributed by atoms with Crippen LogP contribution in [-0.4, -0.2) is 27.5 Å². The number of carboxylic acids is 1. The summed E-state index contributed by atoms with van der Waals surface area (Å²) in [5.74, 6) is -0.0926. The van der Waals surface area contributed by atoms with Gasteiger partial charge in [0.25, 0.3) is 5.56 Å². The third-order valence-corrected chi connectivity index (χ3v) is 3.03. The van der Waals surface area contributed by atoms with Crippen molar-refractivity contribution < 1.29 is 14.6 Å². The lowest BCUT2D eigenvalue weighted by Gasteiger charge is -2.09.